The number of ether oxygens (including phenoxy) is 1. The Hall–Kier alpha value is -4.17. The van der Waals surface area contributed by atoms with Gasteiger partial charge in [0.25, 0.3) is 5.91 Å². The predicted octanol–water partition coefficient (Wildman–Crippen LogP) is 7.56. The van der Waals surface area contributed by atoms with Gasteiger partial charge in [0, 0.05) is 19.6 Å². The number of nitrogens with zero attached hydrogens (tertiary/aromatic N) is 4. The first-order chi connectivity index (χ1) is 22.5. The second-order valence-electron chi connectivity index (χ2n) is 13.8. The van der Waals surface area contributed by atoms with E-state index in [1.807, 2.05) is 91.8 Å². The molecule has 2 aliphatic rings. The van der Waals surface area contributed by atoms with Gasteiger partial charge in [-0.05, 0) is 70.1 Å². The van der Waals surface area contributed by atoms with E-state index in [1.54, 1.807) is 11.2 Å². The van der Waals surface area contributed by atoms with E-state index in [9.17, 15) is 14.7 Å². The number of piperazine rings is 1. The lowest BCUT2D eigenvalue weighted by Gasteiger charge is -2.41. The lowest BCUT2D eigenvalue weighted by molar-refractivity contribution is -0.0216. The third-order valence-electron chi connectivity index (χ3n) is 9.32. The summed E-state index contributed by atoms with van der Waals surface area (Å²) in [6, 6.07) is 19.2. The van der Waals surface area contributed by atoms with Crippen LogP contribution >= 0.6 is 0 Å². The fourth-order valence-corrected chi connectivity index (χ4v) is 6.74. The van der Waals surface area contributed by atoms with Crippen molar-refractivity contribution in [3.05, 3.63) is 108 Å². The minimum atomic E-state index is -1.16. The summed E-state index contributed by atoms with van der Waals surface area (Å²) in [5, 5.41) is 12.4. The van der Waals surface area contributed by atoms with Crippen molar-refractivity contribution >= 4 is 17.6 Å². The maximum atomic E-state index is 14.7. The number of amides is 2. The van der Waals surface area contributed by atoms with Gasteiger partial charge < -0.3 is 24.2 Å². The average molecular weight is 639 g/mol. The quantitative estimate of drug-likeness (QED) is 0.248. The van der Waals surface area contributed by atoms with Crippen LogP contribution in [0.5, 0.6) is 0 Å². The highest BCUT2D eigenvalue weighted by Crippen LogP contribution is 2.41. The highest BCUT2D eigenvalue weighted by Gasteiger charge is 2.41. The normalized spacial score (nSPS) is 18.8. The van der Waals surface area contributed by atoms with Crippen molar-refractivity contribution in [3.8, 4) is 0 Å². The molecule has 2 heterocycles. The largest absolute Gasteiger partial charge is 0.444 e. The first-order valence-corrected chi connectivity index (χ1v) is 17.1. The molecule has 0 spiro atoms. The Balaban J connectivity index is 1.53. The van der Waals surface area contributed by atoms with Crippen LogP contribution in [0, 0.1) is 0 Å². The Kier molecular flexibility index (Phi) is 10.7. The van der Waals surface area contributed by atoms with E-state index in [0.29, 0.717) is 38.2 Å². The Morgan fingerprint density at radius 2 is 1.74 bits per heavy atom. The fourth-order valence-electron chi connectivity index (χ4n) is 6.74. The van der Waals surface area contributed by atoms with Crippen LogP contribution in [0.1, 0.15) is 100 Å². The van der Waals surface area contributed by atoms with Gasteiger partial charge in [0.2, 0.25) is 0 Å². The maximum Gasteiger partial charge on any atom is 0.410 e. The van der Waals surface area contributed by atoms with Gasteiger partial charge in [-0.2, -0.15) is 0 Å². The second kappa shape index (κ2) is 14.7. The van der Waals surface area contributed by atoms with Crippen molar-refractivity contribution in [3.63, 3.8) is 0 Å². The van der Waals surface area contributed by atoms with Crippen molar-refractivity contribution < 1.29 is 19.4 Å². The van der Waals surface area contributed by atoms with Gasteiger partial charge in [-0.1, -0.05) is 98.7 Å². The summed E-state index contributed by atoms with van der Waals surface area (Å²) in [6.07, 6.45) is 12.2. The molecule has 250 valence electrons. The van der Waals surface area contributed by atoms with Gasteiger partial charge in [0.1, 0.15) is 11.2 Å². The minimum absolute atomic E-state index is 0.164. The average Bonchev–Trinajstić information content (AvgIpc) is 3.52. The lowest BCUT2D eigenvalue weighted by atomic mass is 9.82. The molecule has 3 aromatic rings. The monoisotopic (exact) mass is 638 g/mol. The summed E-state index contributed by atoms with van der Waals surface area (Å²) in [4.78, 5) is 36.2. The molecule has 1 N–H and O–H groups in total. The second-order valence-corrected chi connectivity index (χ2v) is 13.8. The van der Waals surface area contributed by atoms with Gasteiger partial charge in [0.05, 0.1) is 24.1 Å². The van der Waals surface area contributed by atoms with Crippen molar-refractivity contribution in [2.45, 2.75) is 96.4 Å². The predicted molar refractivity (Wildman–Crippen MR) is 186 cm³/mol. The van der Waals surface area contributed by atoms with Crippen LogP contribution in [-0.4, -0.2) is 67.7 Å². The highest BCUT2D eigenvalue weighted by atomic mass is 16.6. The van der Waals surface area contributed by atoms with E-state index in [1.165, 1.54) is 0 Å². The molecule has 2 amide bonds. The third-order valence-corrected chi connectivity index (χ3v) is 9.32. The number of unbranched alkanes of at least 4 members (excludes halogenated alkanes) is 1. The van der Waals surface area contributed by atoms with Crippen molar-refractivity contribution in [2.75, 3.05) is 19.6 Å². The van der Waals surface area contributed by atoms with Crippen LogP contribution < -0.4 is 0 Å². The standard InChI is InChI=1S/C39H50N4O4/c1-6-7-23-39(46,32-21-15-10-16-22-32)29(2)43-28-40-34(35(43)31-19-13-9-14-20-31)36(44)42-25-24-41(37(45)47-38(3,4)5)27-33(42)26-30-17-11-8-12-18-30/h8-13,15-19,21-22,28-29,33,46H,6-7,14,20,23-27H2,1-5H3/t29-,33+,39?/m0/s1. The number of hydrogen-bond donors (Lipinski definition) is 1. The Labute approximate surface area is 279 Å². The minimum Gasteiger partial charge on any atom is -0.444 e. The first-order valence-electron chi connectivity index (χ1n) is 17.1. The van der Waals surface area contributed by atoms with Crippen molar-refractivity contribution in [1.29, 1.82) is 0 Å². The van der Waals surface area contributed by atoms with Crippen molar-refractivity contribution in [1.82, 2.24) is 19.4 Å². The first kappa shape index (κ1) is 34.2. The molecule has 8 nitrogen and oxygen atoms in total. The van der Waals surface area contributed by atoms with Gasteiger partial charge in [-0.15, -0.1) is 0 Å². The molecule has 1 saturated heterocycles. The molecule has 0 bridgehead atoms. The number of carbonyl (C=O) groups excluding carboxylic acids is 2. The summed E-state index contributed by atoms with van der Waals surface area (Å²) in [7, 11) is 0. The number of allylic oxidation sites excluding steroid dienone is 4. The fraction of sp³-hybridized carbons (Fsp3) is 0.462. The van der Waals surface area contributed by atoms with E-state index in [4.69, 9.17) is 9.72 Å². The molecule has 3 atom stereocenters. The van der Waals surface area contributed by atoms with Crippen LogP contribution in [0.25, 0.3) is 5.57 Å². The van der Waals surface area contributed by atoms with Gasteiger partial charge >= 0.3 is 6.09 Å². The molecule has 1 fully saturated rings. The Morgan fingerprint density at radius 3 is 2.38 bits per heavy atom. The summed E-state index contributed by atoms with van der Waals surface area (Å²) in [6.45, 7) is 10.8. The van der Waals surface area contributed by atoms with Gasteiger partial charge in [-0.3, -0.25) is 4.79 Å². The number of aliphatic hydroxyl groups is 1. The summed E-state index contributed by atoms with van der Waals surface area (Å²) >= 11 is 0. The summed E-state index contributed by atoms with van der Waals surface area (Å²) < 4.78 is 7.73. The Morgan fingerprint density at radius 1 is 1.04 bits per heavy atom. The zero-order valence-corrected chi connectivity index (χ0v) is 28.6. The number of rotatable bonds is 10. The van der Waals surface area contributed by atoms with Gasteiger partial charge in [0.15, 0.2) is 5.69 Å². The lowest BCUT2D eigenvalue weighted by Crippen LogP contribution is -2.58. The zero-order chi connectivity index (χ0) is 33.6. The molecular weight excluding hydrogens is 588 g/mol. The smallest absolute Gasteiger partial charge is 0.410 e. The summed E-state index contributed by atoms with van der Waals surface area (Å²) in [5.74, 6) is -0.164. The van der Waals surface area contributed by atoms with Crippen LogP contribution in [0.15, 0.2) is 85.2 Å². The molecule has 1 aliphatic heterocycles. The number of hydrogen-bond acceptors (Lipinski definition) is 5. The number of imidazole rings is 1. The summed E-state index contributed by atoms with van der Waals surface area (Å²) in [5.41, 5.74) is 2.33. The highest BCUT2D eigenvalue weighted by molar-refractivity contribution is 5.97. The number of aromatic nitrogens is 2. The molecule has 1 aromatic heterocycles. The molecule has 1 unspecified atom stereocenters. The van der Waals surface area contributed by atoms with Gasteiger partial charge in [-0.25, -0.2) is 9.78 Å². The topological polar surface area (TPSA) is 87.9 Å². The molecule has 5 rings (SSSR count). The SMILES string of the molecule is CCCCC(O)(c1ccccc1)[C@H](C)n1cnc(C(=O)N2CCN(C(=O)OC(C)(C)C)C[C@H]2Cc2ccccc2)c1C1=CC=CCC1. The molecule has 2 aromatic carbocycles. The number of carbonyl (C=O) groups is 2. The van der Waals surface area contributed by atoms with Crippen LogP contribution in [0.4, 0.5) is 4.79 Å². The van der Waals surface area contributed by atoms with Crippen molar-refractivity contribution in [2.24, 2.45) is 0 Å². The molecule has 0 radical (unpaired) electrons. The number of benzene rings is 2. The van der Waals surface area contributed by atoms with E-state index in [2.05, 4.69) is 31.2 Å². The molecule has 0 saturated carbocycles. The molecular formula is C39H50N4O4. The molecule has 1 aliphatic carbocycles. The van der Waals surface area contributed by atoms with Crippen LogP contribution in [0.3, 0.4) is 0 Å². The van der Waals surface area contributed by atoms with E-state index in [-0.39, 0.29) is 18.0 Å². The van der Waals surface area contributed by atoms with Crippen LogP contribution in [0.2, 0.25) is 0 Å². The van der Waals surface area contributed by atoms with Crippen LogP contribution in [-0.2, 0) is 16.8 Å². The molecule has 47 heavy (non-hydrogen) atoms. The zero-order valence-electron chi connectivity index (χ0n) is 28.6. The molecule has 8 heteroatoms. The maximum absolute atomic E-state index is 14.7. The third kappa shape index (κ3) is 7.87. The Bertz CT molecular complexity index is 1570. The van der Waals surface area contributed by atoms with E-state index in [0.717, 1.165) is 48.1 Å². The van der Waals surface area contributed by atoms with E-state index >= 15 is 0 Å². The van der Waals surface area contributed by atoms with E-state index < -0.39 is 17.2 Å².